The molecule has 10 nitrogen and oxygen atoms in total. The quantitative estimate of drug-likeness (QED) is 0.436. The number of amides is 1. The Labute approximate surface area is 216 Å². The van der Waals surface area contributed by atoms with Gasteiger partial charge in [-0.2, -0.15) is 9.98 Å². The van der Waals surface area contributed by atoms with Gasteiger partial charge in [-0.05, 0) is 88.1 Å². The molecule has 1 amide bonds. The molecular weight excluding hydrogens is 458 g/mol. The van der Waals surface area contributed by atoms with Gasteiger partial charge >= 0.3 is 11.8 Å². The lowest BCUT2D eigenvalue weighted by atomic mass is 9.78. The summed E-state index contributed by atoms with van der Waals surface area (Å²) in [6.07, 6.45) is 6.60. The summed E-state index contributed by atoms with van der Waals surface area (Å²) in [6, 6.07) is 0.0606. The highest BCUT2D eigenvalue weighted by atomic mass is 16.5. The standard InChI is InChI=1S/C26H46N7O3/c1-22(2)12-18(13-23(3,4)29-22)31(9)21-27-16-33(17-34)26(28-21,20(35)36-11)32(10)19-14-24(5,6)30-25(7,8)15-19/h17-19,29-30H,12-15H2,1-11H3. The van der Waals surface area contributed by atoms with Crippen molar-refractivity contribution in [1.82, 2.24) is 25.3 Å². The first-order valence-electron chi connectivity index (χ1n) is 12.8. The van der Waals surface area contributed by atoms with Crippen LogP contribution in [0.2, 0.25) is 0 Å². The first-order chi connectivity index (χ1) is 16.4. The number of guanidine groups is 1. The van der Waals surface area contributed by atoms with Crippen molar-refractivity contribution in [2.24, 2.45) is 9.98 Å². The Bertz CT molecular complexity index is 894. The smallest absolute Gasteiger partial charge is 0.372 e. The van der Waals surface area contributed by atoms with E-state index in [9.17, 15) is 9.59 Å². The van der Waals surface area contributed by atoms with Gasteiger partial charge in [-0.15, -0.1) is 0 Å². The number of rotatable bonds is 5. The molecule has 0 aromatic carbocycles. The molecule has 0 aliphatic carbocycles. The van der Waals surface area contributed by atoms with Gasteiger partial charge in [0.2, 0.25) is 12.4 Å². The van der Waals surface area contributed by atoms with Crippen molar-refractivity contribution in [1.29, 1.82) is 0 Å². The number of nitrogens with zero attached hydrogens (tertiary/aromatic N) is 5. The Morgan fingerprint density at radius 1 is 0.944 bits per heavy atom. The molecule has 3 aliphatic heterocycles. The normalized spacial score (nSPS) is 29.6. The Kier molecular flexibility index (Phi) is 7.42. The lowest BCUT2D eigenvalue weighted by Crippen LogP contribution is -2.71. The van der Waals surface area contributed by atoms with Gasteiger partial charge in [-0.1, -0.05) is 0 Å². The van der Waals surface area contributed by atoms with Crippen LogP contribution in [0.4, 0.5) is 0 Å². The zero-order valence-corrected chi connectivity index (χ0v) is 24.0. The van der Waals surface area contributed by atoms with E-state index < -0.39 is 11.8 Å². The number of esters is 1. The number of hydrogen-bond donors (Lipinski definition) is 2. The molecule has 3 rings (SSSR count). The molecule has 0 bridgehead atoms. The monoisotopic (exact) mass is 504 g/mol. The summed E-state index contributed by atoms with van der Waals surface area (Å²) in [5.41, 5.74) is -0.514. The third kappa shape index (κ3) is 5.60. The predicted molar refractivity (Wildman–Crippen MR) is 142 cm³/mol. The SMILES string of the molecule is COC(=O)C1(N(C)C2CC(C)(C)NC(C)(C)C2)N=C(N(C)C2CC(C)(C)NC(C)(C)C2)N=[C]N1C=O. The molecule has 10 heteroatoms. The van der Waals surface area contributed by atoms with Gasteiger partial charge < -0.3 is 20.3 Å². The number of likely N-dealkylation sites (N-methyl/N-ethyl adjacent to an activating group) is 1. The van der Waals surface area contributed by atoms with Crippen LogP contribution in [0, 0.1) is 0 Å². The van der Waals surface area contributed by atoms with E-state index in [2.05, 4.69) is 77.4 Å². The third-order valence-corrected chi connectivity index (χ3v) is 7.65. The number of carbonyl (C=O) groups is 2. The van der Waals surface area contributed by atoms with E-state index >= 15 is 0 Å². The molecule has 0 aromatic rings. The summed E-state index contributed by atoms with van der Waals surface area (Å²) in [5, 5.41) is 7.38. The Morgan fingerprint density at radius 3 is 1.81 bits per heavy atom. The van der Waals surface area contributed by atoms with Gasteiger partial charge in [-0.3, -0.25) is 9.69 Å². The van der Waals surface area contributed by atoms with Gasteiger partial charge in [0.05, 0.1) is 7.11 Å². The minimum Gasteiger partial charge on any atom is -0.465 e. The van der Waals surface area contributed by atoms with Crippen molar-refractivity contribution < 1.29 is 14.3 Å². The Balaban J connectivity index is 2.06. The van der Waals surface area contributed by atoms with Crippen LogP contribution in [-0.4, -0.2) is 101 Å². The van der Waals surface area contributed by atoms with Crippen molar-refractivity contribution in [3.05, 3.63) is 0 Å². The lowest BCUT2D eigenvalue weighted by molar-refractivity contribution is -0.170. The minimum absolute atomic E-state index is 0.0650. The molecule has 1 radical (unpaired) electrons. The van der Waals surface area contributed by atoms with Gasteiger partial charge in [0.1, 0.15) is 0 Å². The maximum absolute atomic E-state index is 13.5. The van der Waals surface area contributed by atoms with Crippen LogP contribution >= 0.6 is 0 Å². The number of hydrogen-bond acceptors (Lipinski definition) is 9. The average Bonchev–Trinajstić information content (AvgIpc) is 2.72. The molecular formula is C26H46N7O3. The highest BCUT2D eigenvalue weighted by Crippen LogP contribution is 2.37. The van der Waals surface area contributed by atoms with Crippen LogP contribution in [0.25, 0.3) is 0 Å². The highest BCUT2D eigenvalue weighted by Gasteiger charge is 2.56. The fourth-order valence-corrected chi connectivity index (χ4v) is 6.82. The molecule has 3 heterocycles. The number of piperidine rings is 2. The molecule has 36 heavy (non-hydrogen) atoms. The van der Waals surface area contributed by atoms with Gasteiger partial charge in [0, 0.05) is 41.3 Å². The van der Waals surface area contributed by atoms with E-state index in [1.807, 2.05) is 23.9 Å². The molecule has 0 spiro atoms. The largest absolute Gasteiger partial charge is 0.465 e. The van der Waals surface area contributed by atoms with Crippen molar-refractivity contribution >= 4 is 24.7 Å². The number of nitrogens with one attached hydrogen (secondary N) is 2. The number of carbonyl (C=O) groups excluding carboxylic acids is 2. The Morgan fingerprint density at radius 2 is 1.39 bits per heavy atom. The van der Waals surface area contributed by atoms with Crippen molar-refractivity contribution in [3.63, 3.8) is 0 Å². The van der Waals surface area contributed by atoms with E-state index in [4.69, 9.17) is 9.73 Å². The van der Waals surface area contributed by atoms with Crippen molar-refractivity contribution in [3.8, 4) is 0 Å². The van der Waals surface area contributed by atoms with E-state index in [1.165, 1.54) is 7.11 Å². The first-order valence-corrected chi connectivity index (χ1v) is 12.8. The minimum atomic E-state index is -1.74. The fraction of sp³-hybridized carbons (Fsp3) is 0.846. The summed E-state index contributed by atoms with van der Waals surface area (Å²) < 4.78 is 5.27. The van der Waals surface area contributed by atoms with Crippen LogP contribution in [0.1, 0.15) is 81.1 Å². The molecule has 2 fully saturated rings. The Hall–Kier alpha value is -2.04. The zero-order valence-electron chi connectivity index (χ0n) is 24.0. The second-order valence-electron chi connectivity index (χ2n) is 13.4. The first kappa shape index (κ1) is 28.5. The van der Waals surface area contributed by atoms with Crippen LogP contribution in [0.5, 0.6) is 0 Å². The van der Waals surface area contributed by atoms with E-state index in [1.54, 1.807) is 0 Å². The summed E-state index contributed by atoms with van der Waals surface area (Å²) in [5.74, 6) is -2.03. The summed E-state index contributed by atoms with van der Waals surface area (Å²) in [6.45, 7) is 17.3. The predicted octanol–water partition coefficient (Wildman–Crippen LogP) is 2.03. The van der Waals surface area contributed by atoms with Crippen molar-refractivity contribution in [2.75, 3.05) is 21.2 Å². The topological polar surface area (TPSA) is 102 Å². The highest BCUT2D eigenvalue weighted by molar-refractivity contribution is 5.99. The number of aliphatic imine (C=N–C) groups is 2. The maximum atomic E-state index is 13.5. The van der Waals surface area contributed by atoms with E-state index in [-0.39, 0.29) is 34.2 Å². The van der Waals surface area contributed by atoms with Gasteiger partial charge in [0.25, 0.3) is 0 Å². The summed E-state index contributed by atoms with van der Waals surface area (Å²) in [4.78, 5) is 40.1. The van der Waals surface area contributed by atoms with Crippen LogP contribution < -0.4 is 10.6 Å². The third-order valence-electron chi connectivity index (χ3n) is 7.65. The number of ether oxygens (including phenoxy) is 1. The van der Waals surface area contributed by atoms with E-state index in [0.29, 0.717) is 12.4 Å². The molecule has 2 N–H and O–H groups in total. The number of methoxy groups -OCH3 is 1. The molecule has 0 saturated carbocycles. The second kappa shape index (κ2) is 9.36. The van der Waals surface area contributed by atoms with Crippen LogP contribution in [-0.2, 0) is 14.3 Å². The molecule has 1 atom stereocenters. The van der Waals surface area contributed by atoms with Crippen LogP contribution in [0.3, 0.4) is 0 Å². The average molecular weight is 505 g/mol. The maximum Gasteiger partial charge on any atom is 0.372 e. The van der Waals surface area contributed by atoms with Crippen molar-refractivity contribution in [2.45, 2.75) is 121 Å². The molecule has 3 aliphatic rings. The van der Waals surface area contributed by atoms with Gasteiger partial charge in [0.15, 0.2) is 6.34 Å². The zero-order chi connectivity index (χ0) is 27.3. The van der Waals surface area contributed by atoms with Crippen LogP contribution in [0.15, 0.2) is 9.98 Å². The molecule has 1 unspecified atom stereocenters. The lowest BCUT2D eigenvalue weighted by Gasteiger charge is -2.53. The summed E-state index contributed by atoms with van der Waals surface area (Å²) >= 11 is 0. The van der Waals surface area contributed by atoms with E-state index in [0.717, 1.165) is 30.6 Å². The molecule has 0 aromatic heterocycles. The summed E-state index contributed by atoms with van der Waals surface area (Å²) in [7, 11) is 5.10. The molecule has 2 saturated heterocycles. The van der Waals surface area contributed by atoms with Gasteiger partial charge in [-0.25, -0.2) is 9.69 Å². The second-order valence-corrected chi connectivity index (χ2v) is 13.4. The molecule has 203 valence electrons. The fourth-order valence-electron chi connectivity index (χ4n) is 6.82.